The van der Waals surface area contributed by atoms with E-state index in [-0.39, 0.29) is 34.3 Å². The minimum absolute atomic E-state index is 0.0603. The molecule has 2 heterocycles. The number of carboxylic acid groups (broad SMARTS) is 1. The van der Waals surface area contributed by atoms with Crippen LogP contribution < -0.4 is 9.64 Å². The largest absolute Gasteiger partial charge is 0.490 e. The van der Waals surface area contributed by atoms with Gasteiger partial charge in [-0.25, -0.2) is 4.79 Å². The quantitative estimate of drug-likeness (QED) is 0.322. The van der Waals surface area contributed by atoms with Crippen molar-refractivity contribution < 1.29 is 19.4 Å². The molecular formula is C34H46N2O4S. The molecule has 0 bridgehead atoms. The summed E-state index contributed by atoms with van der Waals surface area (Å²) in [4.78, 5) is 34.0. The summed E-state index contributed by atoms with van der Waals surface area (Å²) < 4.78 is 6.44. The number of aromatic carboxylic acids is 1. The second-order valence-electron chi connectivity index (χ2n) is 12.8. The van der Waals surface area contributed by atoms with Gasteiger partial charge in [-0.1, -0.05) is 32.6 Å². The van der Waals surface area contributed by atoms with Gasteiger partial charge >= 0.3 is 5.97 Å². The maximum absolute atomic E-state index is 14.2. The van der Waals surface area contributed by atoms with Gasteiger partial charge in [0.05, 0.1) is 16.7 Å². The monoisotopic (exact) mass is 578 g/mol. The van der Waals surface area contributed by atoms with E-state index in [0.717, 1.165) is 81.3 Å². The van der Waals surface area contributed by atoms with Crippen LogP contribution in [0.3, 0.4) is 0 Å². The normalized spacial score (nSPS) is 22.9. The lowest BCUT2D eigenvalue weighted by Crippen LogP contribution is -2.47. The summed E-state index contributed by atoms with van der Waals surface area (Å²) in [6.45, 7) is 12.6. The van der Waals surface area contributed by atoms with E-state index in [0.29, 0.717) is 16.5 Å². The van der Waals surface area contributed by atoms with Gasteiger partial charge in [0.25, 0.3) is 0 Å². The fourth-order valence-corrected chi connectivity index (χ4v) is 6.73. The summed E-state index contributed by atoms with van der Waals surface area (Å²) in [6, 6.07) is 5.85. The van der Waals surface area contributed by atoms with E-state index in [1.807, 2.05) is 43.9 Å². The first-order valence-electron chi connectivity index (χ1n) is 15.4. The van der Waals surface area contributed by atoms with E-state index < -0.39 is 5.97 Å². The van der Waals surface area contributed by atoms with E-state index in [2.05, 4.69) is 37.6 Å². The number of amides is 1. The Kier molecular flexibility index (Phi) is 10.2. The third-order valence-corrected chi connectivity index (χ3v) is 9.30. The van der Waals surface area contributed by atoms with Crippen molar-refractivity contribution in [3.05, 3.63) is 39.3 Å². The molecule has 2 fully saturated rings. The molecular weight excluding hydrogens is 532 g/mol. The van der Waals surface area contributed by atoms with Gasteiger partial charge in [-0.05, 0) is 97.0 Å². The van der Waals surface area contributed by atoms with Crippen LogP contribution in [0.1, 0.15) is 119 Å². The van der Waals surface area contributed by atoms with Gasteiger partial charge in [-0.2, -0.15) is 0 Å². The number of nitrogens with zero attached hydrogens (tertiary/aromatic N) is 2. The summed E-state index contributed by atoms with van der Waals surface area (Å²) in [5, 5.41) is 10.2. The molecule has 2 saturated carbocycles. The van der Waals surface area contributed by atoms with E-state index in [4.69, 9.17) is 4.74 Å². The van der Waals surface area contributed by atoms with Crippen LogP contribution >= 0.6 is 11.3 Å². The zero-order valence-electron chi connectivity index (χ0n) is 25.6. The Balaban J connectivity index is 1.59. The summed E-state index contributed by atoms with van der Waals surface area (Å²) in [7, 11) is 0. The molecule has 6 nitrogen and oxygen atoms in total. The number of carboxylic acids is 1. The lowest BCUT2D eigenvalue weighted by atomic mass is 9.81. The number of hydrogen-bond acceptors (Lipinski definition) is 5. The van der Waals surface area contributed by atoms with Gasteiger partial charge in [-0.15, -0.1) is 11.3 Å². The van der Waals surface area contributed by atoms with Crippen LogP contribution in [-0.2, 0) is 17.6 Å². The Morgan fingerprint density at radius 3 is 2.15 bits per heavy atom. The minimum atomic E-state index is -1.00. The molecule has 0 atom stereocenters. The van der Waals surface area contributed by atoms with E-state index in [1.165, 1.54) is 11.3 Å². The highest BCUT2D eigenvalue weighted by molar-refractivity contribution is 7.15. The van der Waals surface area contributed by atoms with Crippen LogP contribution in [0.25, 0.3) is 0 Å². The summed E-state index contributed by atoms with van der Waals surface area (Å²) in [6.07, 6.45) is 8.74. The second kappa shape index (κ2) is 13.4. The van der Waals surface area contributed by atoms with Crippen molar-refractivity contribution in [2.24, 2.45) is 17.3 Å². The molecule has 7 heteroatoms. The maximum atomic E-state index is 14.2. The predicted molar refractivity (Wildman–Crippen MR) is 166 cm³/mol. The molecule has 0 spiro atoms. The van der Waals surface area contributed by atoms with Gasteiger partial charge in [0.1, 0.15) is 10.6 Å². The zero-order valence-corrected chi connectivity index (χ0v) is 26.4. The number of aryl methyl sites for hydroxylation is 2. The van der Waals surface area contributed by atoms with Crippen LogP contribution in [0.2, 0.25) is 0 Å². The molecule has 2 aliphatic carbocycles. The smallest absolute Gasteiger partial charge is 0.348 e. The summed E-state index contributed by atoms with van der Waals surface area (Å²) >= 11 is 1.18. The Morgan fingerprint density at radius 2 is 1.61 bits per heavy atom. The average Bonchev–Trinajstić information content (AvgIpc) is 3.37. The fraction of sp³-hybridized carbons (Fsp3) is 0.618. The molecule has 4 rings (SSSR count). The van der Waals surface area contributed by atoms with Gasteiger partial charge in [0.2, 0.25) is 5.91 Å². The highest BCUT2D eigenvalue weighted by atomic mass is 32.1. The second-order valence-corrected chi connectivity index (χ2v) is 13.9. The molecule has 2 aliphatic rings. The van der Waals surface area contributed by atoms with Crippen molar-refractivity contribution in [3.63, 3.8) is 0 Å². The first-order chi connectivity index (χ1) is 19.5. The standard InChI is InChI=1S/C34H46N2O4S/c1-7-24-19-28(20-25(8-2)35-24)40-27-15-13-26(14-16-27)36(32(37)23-11-9-22(3)10-12-23)30-21-29(17-18-34(4,5)6)41-31(30)33(38)39/h19-23,26-27H,7-16H2,1-6H3,(H,38,39)/t22-,23-,26-,27-. The molecule has 0 saturated heterocycles. The first-order valence-corrected chi connectivity index (χ1v) is 16.2. The Hall–Kier alpha value is -2.85. The Labute approximate surface area is 249 Å². The maximum Gasteiger partial charge on any atom is 0.348 e. The van der Waals surface area contributed by atoms with Crippen molar-refractivity contribution in [2.45, 2.75) is 118 Å². The third-order valence-electron chi connectivity index (χ3n) is 8.27. The average molecular weight is 579 g/mol. The molecule has 222 valence electrons. The lowest BCUT2D eigenvalue weighted by Gasteiger charge is -2.39. The number of ether oxygens (including phenoxy) is 1. The topological polar surface area (TPSA) is 79.7 Å². The first kappa shape index (κ1) is 31.1. The Morgan fingerprint density at radius 1 is 1.00 bits per heavy atom. The number of pyridine rings is 1. The van der Waals surface area contributed by atoms with Crippen LogP contribution in [-0.4, -0.2) is 34.1 Å². The summed E-state index contributed by atoms with van der Waals surface area (Å²) in [5.74, 6) is 6.90. The molecule has 0 radical (unpaired) electrons. The van der Waals surface area contributed by atoms with E-state index in [9.17, 15) is 14.7 Å². The minimum Gasteiger partial charge on any atom is -0.490 e. The molecule has 2 aromatic heterocycles. The lowest BCUT2D eigenvalue weighted by molar-refractivity contribution is -0.124. The van der Waals surface area contributed by atoms with Gasteiger partial charge in [0, 0.05) is 40.9 Å². The van der Waals surface area contributed by atoms with E-state index in [1.54, 1.807) is 0 Å². The van der Waals surface area contributed by atoms with Crippen LogP contribution in [0.4, 0.5) is 5.69 Å². The molecule has 0 aliphatic heterocycles. The third kappa shape index (κ3) is 8.13. The number of aromatic nitrogens is 1. The predicted octanol–water partition coefficient (Wildman–Crippen LogP) is 7.91. The van der Waals surface area contributed by atoms with Crippen molar-refractivity contribution >= 4 is 28.9 Å². The summed E-state index contributed by atoms with van der Waals surface area (Å²) in [5.41, 5.74) is 2.39. The highest BCUT2D eigenvalue weighted by Gasteiger charge is 2.38. The van der Waals surface area contributed by atoms with Crippen molar-refractivity contribution in [3.8, 4) is 17.6 Å². The van der Waals surface area contributed by atoms with Crippen molar-refractivity contribution in [1.29, 1.82) is 0 Å². The number of rotatable bonds is 8. The molecule has 1 amide bonds. The zero-order chi connectivity index (χ0) is 29.7. The molecule has 1 N–H and O–H groups in total. The number of hydrogen-bond donors (Lipinski definition) is 1. The molecule has 2 aromatic rings. The van der Waals surface area contributed by atoms with Crippen LogP contribution in [0, 0.1) is 29.1 Å². The highest BCUT2D eigenvalue weighted by Crippen LogP contribution is 2.39. The van der Waals surface area contributed by atoms with Gasteiger partial charge in [-0.3, -0.25) is 9.78 Å². The SMILES string of the molecule is CCc1cc(O[C@H]2CC[C@H](N(c3cc(C#CC(C)(C)C)sc3C(=O)O)C(=O)[C@H]3CC[C@H](C)CC3)CC2)cc(CC)n1. The fourth-order valence-electron chi connectivity index (χ4n) is 5.89. The van der Waals surface area contributed by atoms with Gasteiger partial charge in [0.15, 0.2) is 0 Å². The molecule has 41 heavy (non-hydrogen) atoms. The number of thiophene rings is 1. The molecule has 0 aromatic carbocycles. The number of carbonyl (C=O) groups is 2. The Bertz CT molecular complexity index is 1260. The number of carbonyl (C=O) groups excluding carboxylic acids is 1. The number of anilines is 1. The van der Waals surface area contributed by atoms with Crippen molar-refractivity contribution in [2.75, 3.05) is 4.90 Å². The van der Waals surface area contributed by atoms with Gasteiger partial charge < -0.3 is 14.7 Å². The molecule has 0 unspecified atom stereocenters. The van der Waals surface area contributed by atoms with Crippen molar-refractivity contribution in [1.82, 2.24) is 4.98 Å². The van der Waals surface area contributed by atoms with Crippen LogP contribution in [0.5, 0.6) is 5.75 Å². The van der Waals surface area contributed by atoms with E-state index >= 15 is 0 Å². The van der Waals surface area contributed by atoms with Crippen LogP contribution in [0.15, 0.2) is 18.2 Å².